The fourth-order valence-electron chi connectivity index (χ4n) is 2.82. The predicted molar refractivity (Wildman–Crippen MR) is 138 cm³/mol. The predicted octanol–water partition coefficient (Wildman–Crippen LogP) is -2.50. The van der Waals surface area contributed by atoms with Crippen LogP contribution < -0.4 is 0 Å². The molecule has 39 heavy (non-hydrogen) atoms. The maximum atomic E-state index is 11.2. The lowest BCUT2D eigenvalue weighted by molar-refractivity contribution is -0.139. The number of carboxylic acid groups (broad SMARTS) is 1. The molecule has 0 atom stereocenters. The average Bonchev–Trinajstić information content (AvgIpc) is 2.89. The first-order valence-corrected chi connectivity index (χ1v) is 15.3. The number of sulfone groups is 2. The van der Waals surface area contributed by atoms with Crippen molar-refractivity contribution in [1.29, 1.82) is 0 Å². The van der Waals surface area contributed by atoms with E-state index in [0.717, 1.165) is 18.2 Å². The van der Waals surface area contributed by atoms with Crippen molar-refractivity contribution in [3.8, 4) is 0 Å². The van der Waals surface area contributed by atoms with E-state index in [1.807, 2.05) is 9.80 Å². The van der Waals surface area contributed by atoms with Crippen molar-refractivity contribution >= 4 is 43.6 Å². The Balaban J connectivity index is 0.000000612. The molecule has 0 aromatic heterocycles. The summed E-state index contributed by atoms with van der Waals surface area (Å²) in [5, 5.41) is 16.5. The normalized spacial score (nSPS) is 18.6. The van der Waals surface area contributed by atoms with E-state index in [1.165, 1.54) is 14.2 Å². The van der Waals surface area contributed by atoms with Gasteiger partial charge in [0, 0.05) is 63.6 Å². The number of rotatable bonds is 9. The maximum Gasteiger partial charge on any atom is 0.331 e. The number of aliphatic carboxylic acids is 1. The molecule has 0 radical (unpaired) electrons. The van der Waals surface area contributed by atoms with Gasteiger partial charge in [0.05, 0.1) is 43.8 Å². The molecule has 0 aliphatic carbocycles. The third kappa shape index (κ3) is 19.8. The number of carbonyl (C=O) groups excluding carboxylic acids is 3. The Labute approximate surface area is 227 Å². The summed E-state index contributed by atoms with van der Waals surface area (Å²) in [7, 11) is -3.26. The molecule has 0 saturated carbocycles. The van der Waals surface area contributed by atoms with Crippen LogP contribution in [0.3, 0.4) is 0 Å². The minimum Gasteiger partial charge on any atom is -0.478 e. The lowest BCUT2D eigenvalue weighted by atomic mass is 10.4. The van der Waals surface area contributed by atoms with Gasteiger partial charge in [-0.1, -0.05) is 0 Å². The Morgan fingerprint density at radius 1 is 0.692 bits per heavy atom. The van der Waals surface area contributed by atoms with Gasteiger partial charge in [0.1, 0.15) is 6.61 Å². The fraction of sp³-hybridized carbons (Fsp3) is 0.636. The summed E-state index contributed by atoms with van der Waals surface area (Å²) < 4.78 is 57.5. The number of hydrogen-bond donors (Lipinski definition) is 2. The highest BCUT2D eigenvalue weighted by atomic mass is 32.2. The molecule has 2 rings (SSSR count). The van der Waals surface area contributed by atoms with Crippen molar-refractivity contribution in [3.05, 3.63) is 24.3 Å². The minimum absolute atomic E-state index is 0.111. The smallest absolute Gasteiger partial charge is 0.331 e. The van der Waals surface area contributed by atoms with E-state index in [9.17, 15) is 36.0 Å². The molecule has 0 unspecified atom stereocenters. The molecule has 2 fully saturated rings. The highest BCUT2D eigenvalue weighted by Gasteiger charge is 2.21. The van der Waals surface area contributed by atoms with Crippen LogP contribution in [0.5, 0.6) is 0 Å². The summed E-state index contributed by atoms with van der Waals surface area (Å²) in [4.78, 5) is 45.6. The number of aliphatic hydroxyl groups excluding tert-OH is 1. The SMILES string of the molecule is COC(=O)/C=C/C(=O)O.COC(=O)/C=C/C(=O)OCCN1CCS(=O)(=O)CC1.O=S1(=O)CCN(CCO)CC1. The summed E-state index contributed by atoms with van der Waals surface area (Å²) in [5.74, 6) is -2.32. The summed E-state index contributed by atoms with van der Waals surface area (Å²) in [6.07, 6.45) is 3.52. The topological polar surface area (TPSA) is 211 Å². The van der Waals surface area contributed by atoms with E-state index in [2.05, 4.69) is 9.47 Å². The molecular formula is C22H36N2O13S2. The number of hydrogen-bond acceptors (Lipinski definition) is 14. The van der Waals surface area contributed by atoms with E-state index in [0.29, 0.717) is 45.3 Å². The third-order valence-electron chi connectivity index (χ3n) is 5.06. The van der Waals surface area contributed by atoms with Crippen LogP contribution in [0.4, 0.5) is 0 Å². The fourth-order valence-corrected chi connectivity index (χ4v) is 5.38. The Hall–Kier alpha value is -2.86. The molecule has 0 amide bonds. The van der Waals surface area contributed by atoms with Gasteiger partial charge in [-0.05, 0) is 0 Å². The monoisotopic (exact) mass is 600 g/mol. The van der Waals surface area contributed by atoms with Gasteiger partial charge in [-0.25, -0.2) is 36.0 Å². The van der Waals surface area contributed by atoms with E-state index >= 15 is 0 Å². The second-order valence-corrected chi connectivity index (χ2v) is 12.5. The Morgan fingerprint density at radius 2 is 1.08 bits per heavy atom. The lowest BCUT2D eigenvalue weighted by Gasteiger charge is -2.25. The van der Waals surface area contributed by atoms with Crippen molar-refractivity contribution in [3.63, 3.8) is 0 Å². The number of aliphatic hydroxyl groups is 1. The minimum atomic E-state index is -2.89. The Kier molecular flexibility index (Phi) is 17.8. The maximum absolute atomic E-state index is 11.2. The van der Waals surface area contributed by atoms with Gasteiger partial charge in [0.15, 0.2) is 19.7 Å². The molecular weight excluding hydrogens is 564 g/mol. The summed E-state index contributed by atoms with van der Waals surface area (Å²) in [6.45, 7) is 3.40. The number of β-amino-alcohol motifs (C(OH)–C–C–N with tert-alkyl or cyclic N) is 1. The zero-order chi connectivity index (χ0) is 29.9. The van der Waals surface area contributed by atoms with Gasteiger partial charge < -0.3 is 24.4 Å². The van der Waals surface area contributed by atoms with Gasteiger partial charge in [-0.15, -0.1) is 0 Å². The van der Waals surface area contributed by atoms with Gasteiger partial charge in [0.2, 0.25) is 0 Å². The van der Waals surface area contributed by atoms with Crippen LogP contribution in [0.1, 0.15) is 0 Å². The molecule has 15 nitrogen and oxygen atoms in total. The van der Waals surface area contributed by atoms with Gasteiger partial charge in [-0.3, -0.25) is 9.80 Å². The van der Waals surface area contributed by atoms with Crippen molar-refractivity contribution in [1.82, 2.24) is 9.80 Å². The first-order valence-electron chi connectivity index (χ1n) is 11.6. The molecule has 17 heteroatoms. The highest BCUT2D eigenvalue weighted by Crippen LogP contribution is 2.03. The van der Waals surface area contributed by atoms with Crippen LogP contribution in [0, 0.1) is 0 Å². The van der Waals surface area contributed by atoms with Crippen LogP contribution in [-0.4, -0.2) is 150 Å². The molecule has 0 bridgehead atoms. The molecule has 2 N–H and O–H groups in total. The number of methoxy groups -OCH3 is 2. The second kappa shape index (κ2) is 19.2. The summed E-state index contributed by atoms with van der Waals surface area (Å²) in [5.41, 5.74) is 0. The van der Waals surface area contributed by atoms with E-state index < -0.39 is 43.6 Å². The van der Waals surface area contributed by atoms with Crippen LogP contribution in [-0.2, 0) is 53.1 Å². The van der Waals surface area contributed by atoms with Crippen LogP contribution in [0.25, 0.3) is 0 Å². The Morgan fingerprint density at radius 3 is 1.46 bits per heavy atom. The number of ether oxygens (including phenoxy) is 3. The van der Waals surface area contributed by atoms with Crippen LogP contribution >= 0.6 is 0 Å². The summed E-state index contributed by atoms with van der Waals surface area (Å²) >= 11 is 0. The summed E-state index contributed by atoms with van der Waals surface area (Å²) in [6, 6.07) is 0. The van der Waals surface area contributed by atoms with Gasteiger partial charge >= 0.3 is 23.9 Å². The van der Waals surface area contributed by atoms with Crippen LogP contribution in [0.2, 0.25) is 0 Å². The average molecular weight is 601 g/mol. The van der Waals surface area contributed by atoms with Gasteiger partial charge in [-0.2, -0.15) is 0 Å². The van der Waals surface area contributed by atoms with E-state index in [-0.39, 0.29) is 36.2 Å². The molecule has 2 heterocycles. The van der Waals surface area contributed by atoms with E-state index in [1.54, 1.807) is 0 Å². The first kappa shape index (κ1) is 36.1. The Bertz CT molecular complexity index is 1040. The highest BCUT2D eigenvalue weighted by molar-refractivity contribution is 7.91. The largest absolute Gasteiger partial charge is 0.478 e. The number of carbonyl (C=O) groups is 4. The molecule has 0 spiro atoms. The lowest BCUT2D eigenvalue weighted by Crippen LogP contribution is -2.41. The standard InChI is InChI=1S/C11H17NO6S.C6H13NO3S.C5H6O4/c1-17-10(13)2-3-11(14)18-7-4-12-5-8-19(15,16)9-6-12;8-4-1-7-2-5-11(9,10)6-3-7;1-9-5(8)3-2-4(6)7/h2-3H,4-9H2,1H3;8H,1-6H2;2-3H,1H3,(H,6,7)/b3-2+;;3-2+. The number of nitrogens with zero attached hydrogens (tertiary/aromatic N) is 2. The quantitative estimate of drug-likeness (QED) is 0.159. The zero-order valence-corrected chi connectivity index (χ0v) is 23.5. The molecule has 2 aliphatic rings. The molecule has 0 aromatic carbocycles. The van der Waals surface area contributed by atoms with Crippen molar-refractivity contribution < 1.29 is 60.4 Å². The first-order chi connectivity index (χ1) is 18.2. The number of carboxylic acids is 1. The number of esters is 3. The van der Waals surface area contributed by atoms with Crippen LogP contribution in [0.15, 0.2) is 24.3 Å². The second-order valence-electron chi connectivity index (χ2n) is 7.93. The molecule has 0 aromatic rings. The van der Waals surface area contributed by atoms with Crippen molar-refractivity contribution in [2.24, 2.45) is 0 Å². The molecule has 224 valence electrons. The third-order valence-corrected chi connectivity index (χ3v) is 8.28. The molecule has 2 saturated heterocycles. The van der Waals surface area contributed by atoms with Gasteiger partial charge in [0.25, 0.3) is 0 Å². The van der Waals surface area contributed by atoms with Crippen molar-refractivity contribution in [2.45, 2.75) is 0 Å². The molecule has 2 aliphatic heterocycles. The van der Waals surface area contributed by atoms with E-state index in [4.69, 9.17) is 14.9 Å². The zero-order valence-electron chi connectivity index (χ0n) is 21.9. The van der Waals surface area contributed by atoms with Crippen molar-refractivity contribution in [2.75, 3.05) is 89.7 Å².